The first-order chi connectivity index (χ1) is 12.6. The van der Waals surface area contributed by atoms with E-state index in [9.17, 15) is 9.59 Å². The van der Waals surface area contributed by atoms with Gasteiger partial charge in [-0.25, -0.2) is 4.79 Å². The predicted molar refractivity (Wildman–Crippen MR) is 95.9 cm³/mol. The summed E-state index contributed by atoms with van der Waals surface area (Å²) >= 11 is 5.86. The van der Waals surface area contributed by atoms with E-state index in [-0.39, 0.29) is 13.4 Å². The molecule has 2 aromatic rings. The molecule has 0 saturated heterocycles. The van der Waals surface area contributed by atoms with Crippen LogP contribution in [0.3, 0.4) is 0 Å². The van der Waals surface area contributed by atoms with Crippen LogP contribution in [0.5, 0.6) is 11.5 Å². The lowest BCUT2D eigenvalue weighted by atomic mass is 10.2. The van der Waals surface area contributed by atoms with Crippen molar-refractivity contribution in [3.63, 3.8) is 0 Å². The zero-order valence-electron chi connectivity index (χ0n) is 13.7. The number of hydrogen-bond acceptors (Lipinski definition) is 5. The third-order valence-electron chi connectivity index (χ3n) is 3.53. The van der Waals surface area contributed by atoms with Crippen molar-refractivity contribution in [3.8, 4) is 11.5 Å². The zero-order valence-corrected chi connectivity index (χ0v) is 14.5. The molecule has 0 atom stereocenters. The quantitative estimate of drug-likeness (QED) is 0.622. The number of carbonyl (C=O) groups excluding carboxylic acids is 2. The minimum Gasteiger partial charge on any atom is -0.454 e. The van der Waals surface area contributed by atoms with Gasteiger partial charge in [-0.15, -0.1) is 0 Å². The summed E-state index contributed by atoms with van der Waals surface area (Å²) in [5.74, 6) is 0.324. The molecule has 0 spiro atoms. The fourth-order valence-electron chi connectivity index (χ4n) is 2.26. The third-order valence-corrected chi connectivity index (χ3v) is 3.77. The Labute approximate surface area is 155 Å². The molecular weight excluding hydrogens is 358 g/mol. The highest BCUT2D eigenvalue weighted by Crippen LogP contribution is 2.32. The first kappa shape index (κ1) is 17.8. The first-order valence-electron chi connectivity index (χ1n) is 7.86. The second kappa shape index (κ2) is 8.40. The molecule has 1 N–H and O–H groups in total. The van der Waals surface area contributed by atoms with Crippen LogP contribution in [-0.4, -0.2) is 25.3 Å². The maximum atomic E-state index is 11.8. The number of ether oxygens (including phenoxy) is 3. The Balaban J connectivity index is 1.41. The fraction of sp³-hybridized carbons (Fsp3) is 0.158. The molecule has 0 bridgehead atoms. The highest BCUT2D eigenvalue weighted by atomic mass is 35.5. The molecule has 1 amide bonds. The van der Waals surface area contributed by atoms with Crippen LogP contribution in [0.15, 0.2) is 48.5 Å². The van der Waals surface area contributed by atoms with Gasteiger partial charge in [-0.05, 0) is 41.5 Å². The molecule has 0 aliphatic carbocycles. The predicted octanol–water partition coefficient (Wildman–Crippen LogP) is 2.94. The van der Waals surface area contributed by atoms with Crippen LogP contribution in [0.4, 0.5) is 0 Å². The van der Waals surface area contributed by atoms with Crippen molar-refractivity contribution in [2.75, 3.05) is 13.4 Å². The highest BCUT2D eigenvalue weighted by molar-refractivity contribution is 6.30. The Morgan fingerprint density at radius 1 is 1.15 bits per heavy atom. The summed E-state index contributed by atoms with van der Waals surface area (Å²) in [7, 11) is 0. The van der Waals surface area contributed by atoms with E-state index >= 15 is 0 Å². The second-order valence-corrected chi connectivity index (χ2v) is 5.90. The Morgan fingerprint density at radius 2 is 2.00 bits per heavy atom. The molecule has 6 nitrogen and oxygen atoms in total. The third kappa shape index (κ3) is 5.00. The largest absolute Gasteiger partial charge is 0.454 e. The summed E-state index contributed by atoms with van der Waals surface area (Å²) in [4.78, 5) is 23.4. The molecule has 0 aromatic heterocycles. The molecule has 0 fully saturated rings. The average molecular weight is 374 g/mol. The maximum Gasteiger partial charge on any atom is 0.331 e. The molecule has 0 saturated carbocycles. The van der Waals surface area contributed by atoms with Gasteiger partial charge in [0.25, 0.3) is 5.91 Å². The van der Waals surface area contributed by atoms with Crippen molar-refractivity contribution in [2.24, 2.45) is 0 Å². The Kier molecular flexibility index (Phi) is 5.76. The average Bonchev–Trinajstić information content (AvgIpc) is 3.11. The van der Waals surface area contributed by atoms with E-state index in [0.29, 0.717) is 23.1 Å². The van der Waals surface area contributed by atoms with Crippen molar-refractivity contribution >= 4 is 29.6 Å². The van der Waals surface area contributed by atoms with Gasteiger partial charge in [-0.3, -0.25) is 4.79 Å². The molecule has 26 heavy (non-hydrogen) atoms. The number of benzene rings is 2. The number of fused-ring (bicyclic) bond motifs is 1. The van der Waals surface area contributed by atoms with E-state index in [4.69, 9.17) is 25.8 Å². The van der Waals surface area contributed by atoms with E-state index in [0.717, 1.165) is 11.1 Å². The first-order valence-corrected chi connectivity index (χ1v) is 8.23. The normalized spacial score (nSPS) is 12.2. The van der Waals surface area contributed by atoms with Gasteiger partial charge in [-0.2, -0.15) is 0 Å². The number of rotatable bonds is 6. The van der Waals surface area contributed by atoms with E-state index in [1.54, 1.807) is 42.5 Å². The number of hydrogen-bond donors (Lipinski definition) is 1. The van der Waals surface area contributed by atoms with Gasteiger partial charge in [0.15, 0.2) is 18.1 Å². The lowest BCUT2D eigenvalue weighted by Crippen LogP contribution is -2.28. The minimum atomic E-state index is -0.608. The zero-order chi connectivity index (χ0) is 18.4. The molecule has 2 aromatic carbocycles. The van der Waals surface area contributed by atoms with Crippen molar-refractivity contribution in [1.29, 1.82) is 0 Å². The van der Waals surface area contributed by atoms with Gasteiger partial charge in [0.05, 0.1) is 0 Å². The summed E-state index contributed by atoms with van der Waals surface area (Å²) in [6.07, 6.45) is 2.81. The Bertz CT molecular complexity index is 850. The van der Waals surface area contributed by atoms with Crippen LogP contribution >= 0.6 is 11.6 Å². The van der Waals surface area contributed by atoms with E-state index in [1.807, 2.05) is 6.07 Å². The summed E-state index contributed by atoms with van der Waals surface area (Å²) in [5.41, 5.74) is 1.62. The molecule has 1 aliphatic heterocycles. The molecule has 0 unspecified atom stereocenters. The van der Waals surface area contributed by atoms with Crippen molar-refractivity contribution in [3.05, 3.63) is 64.7 Å². The lowest BCUT2D eigenvalue weighted by Gasteiger charge is -2.06. The number of nitrogens with one attached hydrogen (secondary N) is 1. The molecule has 7 heteroatoms. The van der Waals surface area contributed by atoms with Gasteiger partial charge in [0.2, 0.25) is 6.79 Å². The second-order valence-electron chi connectivity index (χ2n) is 5.46. The van der Waals surface area contributed by atoms with Crippen LogP contribution in [0.25, 0.3) is 6.08 Å². The van der Waals surface area contributed by atoms with Gasteiger partial charge in [0, 0.05) is 17.6 Å². The topological polar surface area (TPSA) is 73.9 Å². The highest BCUT2D eigenvalue weighted by Gasteiger charge is 2.13. The van der Waals surface area contributed by atoms with Crippen molar-refractivity contribution < 1.29 is 23.8 Å². The van der Waals surface area contributed by atoms with Crippen LogP contribution < -0.4 is 14.8 Å². The van der Waals surface area contributed by atoms with Crippen LogP contribution in [0.2, 0.25) is 5.02 Å². The monoisotopic (exact) mass is 373 g/mol. The summed E-state index contributed by atoms with van der Waals surface area (Å²) < 4.78 is 15.4. The molecule has 3 rings (SSSR count). The number of halogens is 1. The maximum absolute atomic E-state index is 11.8. The number of esters is 1. The standard InChI is InChI=1S/C19H16ClNO5/c20-15-3-1-2-13(8-15)5-7-19(23)24-11-18(22)21-10-14-4-6-16-17(9-14)26-12-25-16/h1-9H,10-12H2,(H,21,22)/b7-5+. The van der Waals surface area contributed by atoms with Gasteiger partial charge in [-0.1, -0.05) is 29.8 Å². The molecule has 1 aliphatic rings. The number of amides is 1. The minimum absolute atomic E-state index is 0.198. The van der Waals surface area contributed by atoms with E-state index in [1.165, 1.54) is 6.08 Å². The van der Waals surface area contributed by atoms with Crippen molar-refractivity contribution in [1.82, 2.24) is 5.32 Å². The SMILES string of the molecule is O=C(COC(=O)/C=C/c1cccc(Cl)c1)NCc1ccc2c(c1)OCO2. The van der Waals surface area contributed by atoms with E-state index in [2.05, 4.69) is 5.32 Å². The summed E-state index contributed by atoms with van der Waals surface area (Å²) in [6, 6.07) is 12.4. The summed E-state index contributed by atoms with van der Waals surface area (Å²) in [5, 5.41) is 3.25. The Morgan fingerprint density at radius 3 is 2.85 bits per heavy atom. The Hall–Kier alpha value is -2.99. The van der Waals surface area contributed by atoms with Crippen LogP contribution in [-0.2, 0) is 20.9 Å². The molecule has 134 valence electrons. The lowest BCUT2D eigenvalue weighted by molar-refractivity contribution is -0.143. The summed E-state index contributed by atoms with van der Waals surface area (Å²) in [6.45, 7) is 0.137. The van der Waals surface area contributed by atoms with Crippen molar-refractivity contribution in [2.45, 2.75) is 6.54 Å². The smallest absolute Gasteiger partial charge is 0.331 e. The van der Waals surface area contributed by atoms with Gasteiger partial charge in [0.1, 0.15) is 0 Å². The number of carbonyl (C=O) groups is 2. The fourth-order valence-corrected chi connectivity index (χ4v) is 2.46. The van der Waals surface area contributed by atoms with Gasteiger partial charge < -0.3 is 19.5 Å². The van der Waals surface area contributed by atoms with E-state index < -0.39 is 11.9 Å². The molecular formula is C19H16ClNO5. The molecule has 1 heterocycles. The van der Waals surface area contributed by atoms with Crippen LogP contribution in [0.1, 0.15) is 11.1 Å². The van der Waals surface area contributed by atoms with Gasteiger partial charge >= 0.3 is 5.97 Å². The molecule has 0 radical (unpaired) electrons. The van der Waals surface area contributed by atoms with Crippen LogP contribution in [0, 0.1) is 0 Å².